The summed E-state index contributed by atoms with van der Waals surface area (Å²) >= 11 is 0. The van der Waals surface area contributed by atoms with Gasteiger partial charge < -0.3 is 19.5 Å². The van der Waals surface area contributed by atoms with Crippen LogP contribution in [0.3, 0.4) is 0 Å². The number of halogens is 2. The Bertz CT molecular complexity index is 1400. The first-order valence-corrected chi connectivity index (χ1v) is 9.70. The second-order valence-electron chi connectivity index (χ2n) is 6.94. The monoisotopic (exact) mass is 451 g/mol. The Labute approximate surface area is 184 Å². The molecule has 0 aliphatic carbocycles. The number of hydrogen-bond donors (Lipinski definition) is 2. The molecular formula is C21H15F2N7O3. The lowest BCUT2D eigenvalue weighted by atomic mass is 10.2. The highest BCUT2D eigenvalue weighted by atomic mass is 19.1. The average Bonchev–Trinajstić information content (AvgIpc) is 3.56. The van der Waals surface area contributed by atoms with Crippen LogP contribution in [0.5, 0.6) is 5.88 Å². The Morgan fingerprint density at radius 2 is 1.91 bits per heavy atom. The third kappa shape index (κ3) is 4.26. The lowest BCUT2D eigenvalue weighted by Crippen LogP contribution is -2.07. The first kappa shape index (κ1) is 20.3. The molecule has 0 saturated carbocycles. The molecule has 0 radical (unpaired) electrons. The van der Waals surface area contributed by atoms with Crippen molar-refractivity contribution in [2.75, 3.05) is 5.32 Å². The Hall–Kier alpha value is -4.61. The zero-order valence-electron chi connectivity index (χ0n) is 16.8. The molecule has 10 nitrogen and oxygen atoms in total. The van der Waals surface area contributed by atoms with Crippen molar-refractivity contribution in [1.82, 2.24) is 30.1 Å². The lowest BCUT2D eigenvalue weighted by Gasteiger charge is -2.07. The lowest BCUT2D eigenvalue weighted by molar-refractivity contribution is 0.343. The molecule has 0 aliphatic heterocycles. The van der Waals surface area contributed by atoms with E-state index >= 15 is 0 Å². The molecule has 12 heteroatoms. The van der Waals surface area contributed by atoms with E-state index in [2.05, 4.69) is 30.7 Å². The van der Waals surface area contributed by atoms with Crippen molar-refractivity contribution in [1.29, 1.82) is 0 Å². The first-order valence-electron chi connectivity index (χ1n) is 9.70. The number of hydrogen-bond acceptors (Lipinski definition) is 9. The predicted molar refractivity (Wildman–Crippen MR) is 110 cm³/mol. The molecule has 0 spiro atoms. The molecule has 1 aromatic carbocycles. The second-order valence-corrected chi connectivity index (χ2v) is 6.94. The maximum absolute atomic E-state index is 14.3. The highest BCUT2D eigenvalue weighted by molar-refractivity contribution is 5.63. The molecule has 4 aromatic heterocycles. The average molecular weight is 451 g/mol. The minimum Gasteiger partial charge on any atom is -0.491 e. The van der Waals surface area contributed by atoms with Gasteiger partial charge >= 0.3 is 0 Å². The normalized spacial score (nSPS) is 11.1. The van der Waals surface area contributed by atoms with E-state index in [4.69, 9.17) is 9.05 Å². The van der Waals surface area contributed by atoms with E-state index in [-0.39, 0.29) is 42.2 Å². The Morgan fingerprint density at radius 1 is 1.03 bits per heavy atom. The summed E-state index contributed by atoms with van der Waals surface area (Å²) < 4.78 is 39.8. The van der Waals surface area contributed by atoms with Gasteiger partial charge in [0.25, 0.3) is 5.88 Å². The summed E-state index contributed by atoms with van der Waals surface area (Å²) in [6, 6.07) is 10.9. The van der Waals surface area contributed by atoms with Crippen LogP contribution in [0.2, 0.25) is 0 Å². The Morgan fingerprint density at radius 3 is 2.67 bits per heavy atom. The summed E-state index contributed by atoms with van der Waals surface area (Å²) in [5.41, 5.74) is 1.77. The molecular weight excluding hydrogens is 436 g/mol. The van der Waals surface area contributed by atoms with Gasteiger partial charge in [0.05, 0.1) is 25.0 Å². The molecule has 33 heavy (non-hydrogen) atoms. The molecule has 166 valence electrons. The SMILES string of the molecule is Oc1cc(CNc2nc(-c3cc(-c4ccon4)n(Cc4ccccc4F)n3)ncc2F)on1. The van der Waals surface area contributed by atoms with E-state index in [9.17, 15) is 13.9 Å². The van der Waals surface area contributed by atoms with Gasteiger partial charge in [0.15, 0.2) is 23.2 Å². The van der Waals surface area contributed by atoms with Gasteiger partial charge in [0.1, 0.15) is 23.5 Å². The highest BCUT2D eigenvalue weighted by Crippen LogP contribution is 2.26. The van der Waals surface area contributed by atoms with Gasteiger partial charge in [-0.25, -0.2) is 18.7 Å². The fourth-order valence-corrected chi connectivity index (χ4v) is 3.16. The van der Waals surface area contributed by atoms with Crippen molar-refractivity contribution in [2.45, 2.75) is 13.1 Å². The van der Waals surface area contributed by atoms with Crippen LogP contribution in [-0.4, -0.2) is 35.2 Å². The van der Waals surface area contributed by atoms with Gasteiger partial charge in [-0.3, -0.25) is 4.68 Å². The zero-order valence-corrected chi connectivity index (χ0v) is 16.8. The quantitative estimate of drug-likeness (QED) is 0.381. The second kappa shape index (κ2) is 8.49. The fraction of sp³-hybridized carbons (Fsp3) is 0.0952. The molecule has 0 bridgehead atoms. The van der Waals surface area contributed by atoms with E-state index in [0.29, 0.717) is 22.6 Å². The molecule has 5 aromatic rings. The number of anilines is 1. The van der Waals surface area contributed by atoms with Gasteiger partial charge in [0.2, 0.25) is 0 Å². The van der Waals surface area contributed by atoms with E-state index < -0.39 is 5.82 Å². The minimum atomic E-state index is -0.690. The van der Waals surface area contributed by atoms with Gasteiger partial charge in [0, 0.05) is 17.7 Å². The summed E-state index contributed by atoms with van der Waals surface area (Å²) in [5.74, 6) is -1.02. The summed E-state index contributed by atoms with van der Waals surface area (Å²) in [4.78, 5) is 8.24. The number of benzene rings is 1. The van der Waals surface area contributed by atoms with Crippen LogP contribution >= 0.6 is 0 Å². The smallest absolute Gasteiger partial charge is 0.251 e. The molecule has 0 unspecified atom stereocenters. The van der Waals surface area contributed by atoms with Crippen molar-refractivity contribution in [3.05, 3.63) is 77.9 Å². The molecule has 4 heterocycles. The molecule has 0 aliphatic rings. The van der Waals surface area contributed by atoms with Crippen LogP contribution in [0.25, 0.3) is 22.9 Å². The van der Waals surface area contributed by atoms with Crippen LogP contribution in [0.15, 0.2) is 64.0 Å². The van der Waals surface area contributed by atoms with E-state index in [1.165, 1.54) is 18.4 Å². The molecule has 2 N–H and O–H groups in total. The van der Waals surface area contributed by atoms with Crippen LogP contribution in [0, 0.1) is 11.6 Å². The van der Waals surface area contributed by atoms with Crippen molar-refractivity contribution in [3.63, 3.8) is 0 Å². The van der Waals surface area contributed by atoms with Crippen molar-refractivity contribution >= 4 is 5.82 Å². The topological polar surface area (TPSA) is 128 Å². The van der Waals surface area contributed by atoms with Gasteiger partial charge in [-0.15, -0.1) is 0 Å². The maximum atomic E-state index is 14.3. The highest BCUT2D eigenvalue weighted by Gasteiger charge is 2.18. The minimum absolute atomic E-state index is 0.0346. The summed E-state index contributed by atoms with van der Waals surface area (Å²) in [6.45, 7) is 0.156. The Balaban J connectivity index is 1.48. The summed E-state index contributed by atoms with van der Waals surface area (Å²) in [5, 5.41) is 23.8. The van der Waals surface area contributed by atoms with Crippen LogP contribution < -0.4 is 5.32 Å². The number of aromatic nitrogens is 6. The summed E-state index contributed by atoms with van der Waals surface area (Å²) in [7, 11) is 0. The van der Waals surface area contributed by atoms with E-state index in [0.717, 1.165) is 6.20 Å². The molecule has 0 amide bonds. The molecule has 5 rings (SSSR count). The van der Waals surface area contributed by atoms with Crippen LogP contribution in [0.4, 0.5) is 14.6 Å². The first-order chi connectivity index (χ1) is 16.1. The number of aromatic hydroxyl groups is 1. The van der Waals surface area contributed by atoms with Crippen molar-refractivity contribution in [3.8, 4) is 28.8 Å². The van der Waals surface area contributed by atoms with Crippen molar-refractivity contribution < 1.29 is 22.9 Å². The Kier molecular flexibility index (Phi) is 5.23. The van der Waals surface area contributed by atoms with E-state index in [1.54, 1.807) is 35.0 Å². The standard InChI is InChI=1S/C21H15F2N7O3/c22-14-4-2-1-3-12(14)11-30-18(16-5-6-32-28-16)8-17(27-30)21-25-10-15(23)20(26-21)24-9-13-7-19(31)29-33-13/h1-8,10H,9,11H2,(H,29,31)(H,24,25,26). The van der Waals surface area contributed by atoms with Crippen LogP contribution in [0.1, 0.15) is 11.3 Å². The summed E-state index contributed by atoms with van der Waals surface area (Å²) in [6.07, 6.45) is 2.42. The van der Waals surface area contributed by atoms with Gasteiger partial charge in [-0.05, 0) is 17.3 Å². The molecule has 0 saturated heterocycles. The third-order valence-corrected chi connectivity index (χ3v) is 4.71. The van der Waals surface area contributed by atoms with Gasteiger partial charge in [-0.1, -0.05) is 23.4 Å². The fourth-order valence-electron chi connectivity index (χ4n) is 3.16. The number of nitrogens with zero attached hydrogens (tertiary/aromatic N) is 6. The van der Waals surface area contributed by atoms with E-state index in [1.807, 2.05) is 0 Å². The number of nitrogens with one attached hydrogen (secondary N) is 1. The number of rotatable bonds is 7. The third-order valence-electron chi connectivity index (χ3n) is 4.71. The predicted octanol–water partition coefficient (Wildman–Crippen LogP) is 3.63. The molecule has 0 atom stereocenters. The largest absolute Gasteiger partial charge is 0.491 e. The maximum Gasteiger partial charge on any atom is 0.251 e. The van der Waals surface area contributed by atoms with Crippen LogP contribution in [-0.2, 0) is 13.1 Å². The zero-order chi connectivity index (χ0) is 22.8. The van der Waals surface area contributed by atoms with Crippen molar-refractivity contribution in [2.24, 2.45) is 0 Å². The van der Waals surface area contributed by atoms with Gasteiger partial charge in [-0.2, -0.15) is 5.10 Å². The molecule has 0 fully saturated rings.